The smallest absolute Gasteiger partial charge is 0.221 e. The minimum atomic E-state index is 0.0140. The van der Waals surface area contributed by atoms with Crippen molar-refractivity contribution in [3.8, 4) is 0 Å². The Kier molecular flexibility index (Phi) is 6.36. The van der Waals surface area contributed by atoms with E-state index in [9.17, 15) is 4.79 Å². The summed E-state index contributed by atoms with van der Waals surface area (Å²) in [4.78, 5) is 15.4. The number of anilines is 1. The molecule has 2 N–H and O–H groups in total. The molecule has 7 heteroatoms. The van der Waals surface area contributed by atoms with Gasteiger partial charge in [-0.15, -0.1) is 11.3 Å². The lowest BCUT2D eigenvalue weighted by molar-refractivity contribution is -0.121. The van der Waals surface area contributed by atoms with Crippen molar-refractivity contribution in [1.29, 1.82) is 0 Å². The van der Waals surface area contributed by atoms with Gasteiger partial charge >= 0.3 is 0 Å². The van der Waals surface area contributed by atoms with Crippen LogP contribution in [0.2, 0.25) is 0 Å². The van der Waals surface area contributed by atoms with Crippen molar-refractivity contribution in [3.63, 3.8) is 0 Å². The molecule has 0 saturated heterocycles. The van der Waals surface area contributed by atoms with Crippen LogP contribution in [0, 0.1) is 0 Å². The fraction of sp³-hybridized carbons (Fsp3) is 0.556. The maximum absolute atomic E-state index is 11.3. The number of thiazole rings is 1. The fourth-order valence-electron chi connectivity index (χ4n) is 0.999. The highest BCUT2D eigenvalue weighted by atomic mass is 79.9. The first-order valence-corrected chi connectivity index (χ1v) is 6.50. The van der Waals surface area contributed by atoms with Crippen LogP contribution in [0.25, 0.3) is 0 Å². The second kappa shape index (κ2) is 7.59. The molecule has 1 aromatic rings. The lowest BCUT2D eigenvalue weighted by atomic mass is 10.4. The molecule has 0 bridgehead atoms. The van der Waals surface area contributed by atoms with E-state index in [4.69, 9.17) is 4.74 Å². The van der Waals surface area contributed by atoms with Gasteiger partial charge in [-0.3, -0.25) is 4.79 Å². The van der Waals surface area contributed by atoms with E-state index in [1.165, 1.54) is 11.3 Å². The van der Waals surface area contributed by atoms with Crippen molar-refractivity contribution in [1.82, 2.24) is 10.3 Å². The van der Waals surface area contributed by atoms with Gasteiger partial charge in [-0.25, -0.2) is 4.98 Å². The SMILES string of the molecule is COCCNC(=O)CCNc1nc(Br)cs1. The lowest BCUT2D eigenvalue weighted by Crippen LogP contribution is -2.28. The maximum Gasteiger partial charge on any atom is 0.221 e. The summed E-state index contributed by atoms with van der Waals surface area (Å²) >= 11 is 4.76. The van der Waals surface area contributed by atoms with Crippen LogP contribution >= 0.6 is 27.3 Å². The van der Waals surface area contributed by atoms with Crippen LogP contribution in [-0.4, -0.2) is 37.7 Å². The third-order valence-electron chi connectivity index (χ3n) is 1.73. The van der Waals surface area contributed by atoms with E-state index in [2.05, 4.69) is 31.5 Å². The van der Waals surface area contributed by atoms with Crippen molar-refractivity contribution in [2.75, 3.05) is 32.1 Å². The molecule has 0 aliphatic carbocycles. The molecular formula is C9H14BrN3O2S. The Bertz CT molecular complexity index is 332. The molecule has 0 saturated carbocycles. The average molecular weight is 308 g/mol. The molecule has 0 spiro atoms. The Morgan fingerprint density at radius 1 is 1.62 bits per heavy atom. The molecule has 0 unspecified atom stereocenters. The van der Waals surface area contributed by atoms with E-state index >= 15 is 0 Å². The molecule has 0 fully saturated rings. The average Bonchev–Trinajstić information content (AvgIpc) is 2.65. The number of halogens is 1. The molecule has 1 heterocycles. The van der Waals surface area contributed by atoms with Gasteiger partial charge in [-0.2, -0.15) is 0 Å². The second-order valence-electron chi connectivity index (χ2n) is 2.99. The monoisotopic (exact) mass is 307 g/mol. The van der Waals surface area contributed by atoms with Crippen molar-refractivity contribution >= 4 is 38.3 Å². The molecule has 0 radical (unpaired) electrons. The van der Waals surface area contributed by atoms with Gasteiger partial charge in [0.1, 0.15) is 4.60 Å². The fourth-order valence-corrected chi connectivity index (χ4v) is 2.17. The lowest BCUT2D eigenvalue weighted by Gasteiger charge is -2.04. The summed E-state index contributed by atoms with van der Waals surface area (Å²) in [6.07, 6.45) is 0.431. The Labute approximate surface area is 107 Å². The first-order valence-electron chi connectivity index (χ1n) is 4.83. The largest absolute Gasteiger partial charge is 0.383 e. The van der Waals surface area contributed by atoms with E-state index in [1.807, 2.05) is 5.38 Å². The van der Waals surface area contributed by atoms with Crippen LogP contribution in [0.3, 0.4) is 0 Å². The number of methoxy groups -OCH3 is 1. The number of nitrogens with one attached hydrogen (secondary N) is 2. The van der Waals surface area contributed by atoms with Crippen LogP contribution in [0.4, 0.5) is 5.13 Å². The highest BCUT2D eigenvalue weighted by molar-refractivity contribution is 9.10. The quantitative estimate of drug-likeness (QED) is 0.749. The third kappa shape index (κ3) is 5.43. The minimum absolute atomic E-state index is 0.0140. The molecule has 1 amide bonds. The molecule has 0 aliphatic rings. The summed E-state index contributed by atoms with van der Waals surface area (Å²) in [6.45, 7) is 1.68. The van der Waals surface area contributed by atoms with E-state index in [0.717, 1.165) is 9.73 Å². The summed E-state index contributed by atoms with van der Waals surface area (Å²) in [5.74, 6) is 0.0140. The van der Waals surface area contributed by atoms with Gasteiger partial charge in [-0.1, -0.05) is 0 Å². The summed E-state index contributed by atoms with van der Waals surface area (Å²) in [7, 11) is 1.61. The van der Waals surface area contributed by atoms with Crippen LogP contribution in [0.15, 0.2) is 9.98 Å². The number of amides is 1. The number of carbonyl (C=O) groups is 1. The van der Waals surface area contributed by atoms with Gasteiger partial charge < -0.3 is 15.4 Å². The summed E-state index contributed by atoms with van der Waals surface area (Å²) in [5, 5.41) is 8.52. The molecule has 0 aromatic carbocycles. The Morgan fingerprint density at radius 3 is 3.06 bits per heavy atom. The Balaban J connectivity index is 2.08. The number of nitrogens with zero attached hydrogens (tertiary/aromatic N) is 1. The number of rotatable bonds is 7. The van der Waals surface area contributed by atoms with E-state index < -0.39 is 0 Å². The highest BCUT2D eigenvalue weighted by Crippen LogP contribution is 2.18. The molecule has 90 valence electrons. The van der Waals surface area contributed by atoms with E-state index in [1.54, 1.807) is 7.11 Å². The van der Waals surface area contributed by atoms with Gasteiger partial charge in [0.2, 0.25) is 5.91 Å². The predicted molar refractivity (Wildman–Crippen MR) is 67.8 cm³/mol. The van der Waals surface area contributed by atoms with Gasteiger partial charge in [0.15, 0.2) is 5.13 Å². The first kappa shape index (κ1) is 13.4. The Hall–Kier alpha value is -0.660. The molecule has 1 aromatic heterocycles. The molecule has 1 rings (SSSR count). The number of hydrogen-bond donors (Lipinski definition) is 2. The third-order valence-corrected chi connectivity index (χ3v) is 3.24. The van der Waals surface area contributed by atoms with Crippen LogP contribution in [0.1, 0.15) is 6.42 Å². The first-order chi connectivity index (χ1) is 7.72. The molecule has 0 aliphatic heterocycles. The van der Waals surface area contributed by atoms with Crippen LogP contribution < -0.4 is 10.6 Å². The van der Waals surface area contributed by atoms with Gasteiger partial charge in [-0.05, 0) is 15.9 Å². The number of carbonyl (C=O) groups excluding carboxylic acids is 1. The number of hydrogen-bond acceptors (Lipinski definition) is 5. The van der Waals surface area contributed by atoms with Crippen molar-refractivity contribution in [2.45, 2.75) is 6.42 Å². The molecule has 16 heavy (non-hydrogen) atoms. The zero-order valence-corrected chi connectivity index (χ0v) is 11.4. The predicted octanol–water partition coefficient (Wildman–Crippen LogP) is 1.47. The second-order valence-corrected chi connectivity index (χ2v) is 4.67. The summed E-state index contributed by atoms with van der Waals surface area (Å²) < 4.78 is 5.63. The van der Waals surface area contributed by atoms with Gasteiger partial charge in [0, 0.05) is 32.0 Å². The number of ether oxygens (including phenoxy) is 1. The molecular weight excluding hydrogens is 294 g/mol. The highest BCUT2D eigenvalue weighted by Gasteiger charge is 2.02. The minimum Gasteiger partial charge on any atom is -0.383 e. The zero-order valence-electron chi connectivity index (χ0n) is 8.96. The summed E-state index contributed by atoms with van der Waals surface area (Å²) in [5.41, 5.74) is 0. The molecule has 5 nitrogen and oxygen atoms in total. The van der Waals surface area contributed by atoms with Gasteiger partial charge in [0.25, 0.3) is 0 Å². The normalized spacial score (nSPS) is 10.1. The standard InChI is InChI=1S/C9H14BrN3O2S/c1-15-5-4-11-8(14)2-3-12-9-13-7(10)6-16-9/h6H,2-5H2,1H3,(H,11,14)(H,12,13). The maximum atomic E-state index is 11.3. The number of aromatic nitrogens is 1. The Morgan fingerprint density at radius 2 is 2.44 bits per heavy atom. The van der Waals surface area contributed by atoms with Crippen molar-refractivity contribution < 1.29 is 9.53 Å². The summed E-state index contributed by atoms with van der Waals surface area (Å²) in [6, 6.07) is 0. The van der Waals surface area contributed by atoms with Crippen LogP contribution in [0.5, 0.6) is 0 Å². The zero-order chi connectivity index (χ0) is 11.8. The van der Waals surface area contributed by atoms with Crippen molar-refractivity contribution in [3.05, 3.63) is 9.98 Å². The van der Waals surface area contributed by atoms with Crippen molar-refractivity contribution in [2.24, 2.45) is 0 Å². The van der Waals surface area contributed by atoms with E-state index in [-0.39, 0.29) is 5.91 Å². The molecule has 0 atom stereocenters. The van der Waals surface area contributed by atoms with E-state index in [0.29, 0.717) is 26.1 Å². The topological polar surface area (TPSA) is 63.2 Å². The van der Waals surface area contributed by atoms with Crippen LogP contribution in [-0.2, 0) is 9.53 Å². The van der Waals surface area contributed by atoms with Gasteiger partial charge in [0.05, 0.1) is 6.61 Å².